The topological polar surface area (TPSA) is 91.0 Å². The van der Waals surface area contributed by atoms with Crippen LogP contribution in [0.3, 0.4) is 0 Å². The Morgan fingerprint density at radius 2 is 2.25 bits per heavy atom. The van der Waals surface area contributed by atoms with E-state index in [1.807, 2.05) is 11.4 Å². The van der Waals surface area contributed by atoms with Gasteiger partial charge < -0.3 is 15.4 Å². The summed E-state index contributed by atoms with van der Waals surface area (Å²) in [6, 6.07) is 3.08. The number of hydrogen-bond donors (Lipinski definition) is 2. The molecule has 9 heteroatoms. The summed E-state index contributed by atoms with van der Waals surface area (Å²) >= 11 is 1.40. The first-order valence-electron chi connectivity index (χ1n) is 9.58. The van der Waals surface area contributed by atoms with Gasteiger partial charge in [0.05, 0.1) is 12.7 Å². The lowest BCUT2D eigenvalue weighted by molar-refractivity contribution is -0.135. The van der Waals surface area contributed by atoms with Crippen LogP contribution in [0.15, 0.2) is 17.5 Å². The molecule has 2 fully saturated rings. The number of nitrogens with one attached hydrogen (secondary N) is 2. The highest BCUT2D eigenvalue weighted by Crippen LogP contribution is 2.31. The van der Waals surface area contributed by atoms with Crippen molar-refractivity contribution in [1.29, 1.82) is 0 Å². The Morgan fingerprint density at radius 1 is 1.46 bits per heavy atom. The van der Waals surface area contributed by atoms with Crippen LogP contribution in [0.1, 0.15) is 25.6 Å². The maximum Gasteiger partial charge on any atom is 0.325 e. The van der Waals surface area contributed by atoms with Crippen LogP contribution in [0.2, 0.25) is 0 Å². The predicted octanol–water partition coefficient (Wildman–Crippen LogP) is 0.988. The molecule has 2 saturated heterocycles. The zero-order chi connectivity index (χ0) is 20.3. The lowest BCUT2D eigenvalue weighted by Gasteiger charge is -2.34. The number of amides is 4. The van der Waals surface area contributed by atoms with Gasteiger partial charge in [0.25, 0.3) is 5.91 Å². The second-order valence-electron chi connectivity index (χ2n) is 7.87. The molecule has 2 N–H and O–H groups in total. The summed E-state index contributed by atoms with van der Waals surface area (Å²) in [5.74, 6) is -0.207. The molecule has 3 rings (SSSR count). The predicted molar refractivity (Wildman–Crippen MR) is 106 cm³/mol. The lowest BCUT2D eigenvalue weighted by atomic mass is 10.0. The maximum absolute atomic E-state index is 12.8. The molecule has 1 aromatic rings. The van der Waals surface area contributed by atoms with Crippen molar-refractivity contribution in [1.82, 2.24) is 20.4 Å². The van der Waals surface area contributed by atoms with Crippen molar-refractivity contribution in [3.05, 3.63) is 22.4 Å². The van der Waals surface area contributed by atoms with Gasteiger partial charge >= 0.3 is 6.03 Å². The van der Waals surface area contributed by atoms with E-state index in [4.69, 9.17) is 4.74 Å². The Balaban J connectivity index is 1.51. The Morgan fingerprint density at radius 3 is 2.93 bits per heavy atom. The van der Waals surface area contributed by atoms with Crippen LogP contribution in [0, 0.1) is 5.92 Å². The van der Waals surface area contributed by atoms with Crippen LogP contribution in [0.5, 0.6) is 0 Å². The van der Waals surface area contributed by atoms with Gasteiger partial charge in [0.1, 0.15) is 6.54 Å². The fourth-order valence-corrected chi connectivity index (χ4v) is 4.42. The van der Waals surface area contributed by atoms with E-state index in [0.29, 0.717) is 19.1 Å². The van der Waals surface area contributed by atoms with Gasteiger partial charge in [-0.1, -0.05) is 19.9 Å². The molecule has 3 heterocycles. The first kappa shape index (κ1) is 20.8. The highest BCUT2D eigenvalue weighted by atomic mass is 32.1. The van der Waals surface area contributed by atoms with Gasteiger partial charge in [0, 0.05) is 31.1 Å². The summed E-state index contributed by atoms with van der Waals surface area (Å²) in [6.07, 6.45) is -0.0871. The molecule has 28 heavy (non-hydrogen) atoms. The number of carbonyl (C=O) groups excluding carboxylic acids is 3. The van der Waals surface area contributed by atoms with Crippen LogP contribution < -0.4 is 10.6 Å². The third-order valence-electron chi connectivity index (χ3n) is 4.96. The highest BCUT2D eigenvalue weighted by Gasteiger charge is 2.50. The van der Waals surface area contributed by atoms with Gasteiger partial charge in [-0.15, -0.1) is 11.3 Å². The molecule has 0 unspecified atom stereocenters. The van der Waals surface area contributed by atoms with Crippen LogP contribution in [0.4, 0.5) is 4.79 Å². The average Bonchev–Trinajstić information content (AvgIpc) is 3.24. The number of carbonyl (C=O) groups is 3. The largest absolute Gasteiger partial charge is 0.374 e. The van der Waals surface area contributed by atoms with Crippen molar-refractivity contribution in [2.24, 2.45) is 5.92 Å². The Hall–Kier alpha value is -1.97. The molecule has 0 spiro atoms. The van der Waals surface area contributed by atoms with Crippen LogP contribution >= 0.6 is 11.3 Å². The summed E-state index contributed by atoms with van der Waals surface area (Å²) in [4.78, 5) is 41.4. The first-order valence-corrected chi connectivity index (χ1v) is 10.5. The van der Waals surface area contributed by atoms with Gasteiger partial charge in [-0.3, -0.25) is 19.4 Å². The zero-order valence-corrected chi connectivity index (χ0v) is 17.4. The first-order chi connectivity index (χ1) is 13.3. The van der Waals surface area contributed by atoms with Crippen molar-refractivity contribution < 1.29 is 19.1 Å². The van der Waals surface area contributed by atoms with Crippen LogP contribution in [-0.4, -0.2) is 73.1 Å². The summed E-state index contributed by atoms with van der Waals surface area (Å²) < 4.78 is 5.72. The standard InChI is InChI=1S/C19H28N4O4S/c1-13(2)10-22-6-7-27-14(11-22)9-20-16(24)12-23-17(25)19(3,21-18(23)26)15-5-4-8-28-15/h4-5,8,13-14H,6-7,9-12H2,1-3H3,(H,20,24)(H,21,26)/t14-,19-/m0/s1. The summed E-state index contributed by atoms with van der Waals surface area (Å²) in [6.45, 7) is 9.37. The van der Waals surface area contributed by atoms with Crippen molar-refractivity contribution in [2.75, 3.05) is 39.3 Å². The number of morpholine rings is 1. The Bertz CT molecular complexity index is 724. The second kappa shape index (κ2) is 8.59. The number of nitrogens with zero attached hydrogens (tertiary/aromatic N) is 2. The minimum absolute atomic E-state index is 0.0871. The van der Waals surface area contributed by atoms with Crippen molar-refractivity contribution in [3.8, 4) is 0 Å². The SMILES string of the molecule is CC(C)CN1CCO[C@@H](CNC(=O)CN2C(=O)N[C@@](C)(c3cccs3)C2=O)C1. The molecular weight excluding hydrogens is 380 g/mol. The smallest absolute Gasteiger partial charge is 0.325 e. The maximum atomic E-state index is 12.8. The molecule has 0 bridgehead atoms. The molecule has 154 valence electrons. The van der Waals surface area contributed by atoms with Gasteiger partial charge in [-0.05, 0) is 24.3 Å². The molecular formula is C19H28N4O4S. The highest BCUT2D eigenvalue weighted by molar-refractivity contribution is 7.10. The van der Waals surface area contributed by atoms with E-state index in [1.165, 1.54) is 11.3 Å². The molecule has 4 amide bonds. The normalized spacial score (nSPS) is 26.0. The average molecular weight is 409 g/mol. The van der Waals surface area contributed by atoms with E-state index in [1.54, 1.807) is 13.0 Å². The van der Waals surface area contributed by atoms with E-state index >= 15 is 0 Å². The molecule has 8 nitrogen and oxygen atoms in total. The second-order valence-corrected chi connectivity index (χ2v) is 8.82. The quantitative estimate of drug-likeness (QED) is 0.657. The van der Waals surface area contributed by atoms with Gasteiger partial charge in [0.15, 0.2) is 5.54 Å². The lowest BCUT2D eigenvalue weighted by Crippen LogP contribution is -2.50. The van der Waals surface area contributed by atoms with Crippen molar-refractivity contribution >= 4 is 29.2 Å². The third kappa shape index (κ3) is 4.53. The molecule has 1 aromatic heterocycles. The van der Waals surface area contributed by atoms with E-state index < -0.39 is 17.5 Å². The minimum Gasteiger partial charge on any atom is -0.374 e. The van der Waals surface area contributed by atoms with E-state index in [-0.39, 0.29) is 18.6 Å². The van der Waals surface area contributed by atoms with Crippen LogP contribution in [0.25, 0.3) is 0 Å². The summed E-state index contributed by atoms with van der Waals surface area (Å²) in [5, 5.41) is 7.35. The number of thiophene rings is 1. The molecule has 0 radical (unpaired) electrons. The fraction of sp³-hybridized carbons (Fsp3) is 0.632. The number of urea groups is 1. The van der Waals surface area contributed by atoms with E-state index in [0.717, 1.165) is 29.4 Å². The fourth-order valence-electron chi connectivity index (χ4n) is 3.58. The third-order valence-corrected chi connectivity index (χ3v) is 6.06. The van der Waals surface area contributed by atoms with E-state index in [2.05, 4.69) is 29.4 Å². The van der Waals surface area contributed by atoms with Gasteiger partial charge in [-0.2, -0.15) is 0 Å². The Kier molecular flexibility index (Phi) is 6.36. The number of imide groups is 1. The van der Waals surface area contributed by atoms with Crippen LogP contribution in [-0.2, 0) is 19.9 Å². The molecule has 2 aliphatic rings. The Labute approximate surface area is 169 Å². The molecule has 0 aliphatic carbocycles. The summed E-state index contributed by atoms with van der Waals surface area (Å²) in [7, 11) is 0. The van der Waals surface area contributed by atoms with Gasteiger partial charge in [0.2, 0.25) is 5.91 Å². The number of rotatable bonds is 7. The van der Waals surface area contributed by atoms with Crippen molar-refractivity contribution in [2.45, 2.75) is 32.4 Å². The molecule has 2 aliphatic heterocycles. The molecule has 0 aromatic carbocycles. The number of ether oxygens (including phenoxy) is 1. The monoisotopic (exact) mass is 408 g/mol. The van der Waals surface area contributed by atoms with Crippen molar-refractivity contribution in [3.63, 3.8) is 0 Å². The molecule has 0 saturated carbocycles. The molecule has 2 atom stereocenters. The van der Waals surface area contributed by atoms with E-state index in [9.17, 15) is 14.4 Å². The number of hydrogen-bond acceptors (Lipinski definition) is 6. The zero-order valence-electron chi connectivity index (χ0n) is 16.6. The minimum atomic E-state index is -1.12. The van der Waals surface area contributed by atoms with Gasteiger partial charge in [-0.25, -0.2) is 4.79 Å². The summed E-state index contributed by atoms with van der Waals surface area (Å²) in [5.41, 5.74) is -1.12.